The van der Waals surface area contributed by atoms with Crippen LogP contribution in [0.1, 0.15) is 48.6 Å². The molecule has 5 nitrogen and oxygen atoms in total. The first-order chi connectivity index (χ1) is 11.0. The Morgan fingerprint density at radius 2 is 2.30 bits per heavy atom. The van der Waals surface area contributed by atoms with Crippen LogP contribution in [0.4, 0.5) is 5.00 Å². The Bertz CT molecular complexity index is 658. The van der Waals surface area contributed by atoms with Gasteiger partial charge in [0.05, 0.1) is 24.4 Å². The number of carbonyl (C=O) groups excluding carboxylic acids is 1. The zero-order valence-corrected chi connectivity index (χ0v) is 15.0. The zero-order chi connectivity index (χ0) is 17.0. The molecule has 0 fully saturated rings. The Balaban J connectivity index is 2.64. The van der Waals surface area contributed by atoms with Crippen molar-refractivity contribution in [2.24, 2.45) is 4.99 Å². The first kappa shape index (κ1) is 17.5. The molecule has 0 bridgehead atoms. The number of aryl methyl sites for hydroxylation is 1. The van der Waals surface area contributed by atoms with E-state index in [4.69, 9.17) is 4.74 Å². The van der Waals surface area contributed by atoms with Crippen molar-refractivity contribution in [1.29, 1.82) is 5.26 Å². The van der Waals surface area contributed by atoms with Crippen molar-refractivity contribution in [3.05, 3.63) is 16.0 Å². The van der Waals surface area contributed by atoms with E-state index in [0.717, 1.165) is 36.1 Å². The van der Waals surface area contributed by atoms with Crippen LogP contribution in [0, 0.1) is 11.3 Å². The molecule has 124 valence electrons. The van der Waals surface area contributed by atoms with E-state index in [1.165, 1.54) is 18.4 Å². The molecule has 0 N–H and O–H groups in total. The number of thiophene rings is 1. The topological polar surface area (TPSA) is 65.7 Å². The van der Waals surface area contributed by atoms with E-state index < -0.39 is 5.41 Å². The predicted molar refractivity (Wildman–Crippen MR) is 92.4 cm³/mol. The third-order valence-corrected chi connectivity index (χ3v) is 5.38. The second-order valence-electron chi connectivity index (χ2n) is 6.08. The maximum absolute atomic E-state index is 12.6. The third kappa shape index (κ3) is 3.11. The highest BCUT2D eigenvalue weighted by Gasteiger charge is 2.47. The Kier molecular flexibility index (Phi) is 5.42. The Morgan fingerprint density at radius 3 is 2.87 bits per heavy atom. The Morgan fingerprint density at radius 1 is 1.57 bits per heavy atom. The van der Waals surface area contributed by atoms with E-state index in [9.17, 15) is 10.1 Å². The number of methoxy groups -OCH3 is 1. The van der Waals surface area contributed by atoms with Crippen molar-refractivity contribution >= 4 is 28.6 Å². The van der Waals surface area contributed by atoms with E-state index in [2.05, 4.69) is 18.0 Å². The van der Waals surface area contributed by atoms with Gasteiger partial charge in [0, 0.05) is 24.5 Å². The molecule has 1 aliphatic carbocycles. The first-order valence-corrected chi connectivity index (χ1v) is 8.67. The van der Waals surface area contributed by atoms with Gasteiger partial charge in [0.25, 0.3) is 0 Å². The Labute approximate surface area is 141 Å². The largest absolute Gasteiger partial charge is 0.468 e. The van der Waals surface area contributed by atoms with Crippen molar-refractivity contribution in [1.82, 2.24) is 4.90 Å². The van der Waals surface area contributed by atoms with Gasteiger partial charge >= 0.3 is 5.97 Å². The molecule has 1 aliphatic rings. The normalized spacial score (nSPS) is 20.1. The molecule has 0 saturated heterocycles. The van der Waals surface area contributed by atoms with Gasteiger partial charge < -0.3 is 9.64 Å². The van der Waals surface area contributed by atoms with Gasteiger partial charge in [-0.3, -0.25) is 4.79 Å². The number of nitrogens with zero attached hydrogens (tertiary/aromatic N) is 3. The predicted octanol–water partition coefficient (Wildman–Crippen LogP) is 3.39. The maximum Gasteiger partial charge on any atom is 0.316 e. The number of hydrogen-bond donors (Lipinski definition) is 0. The molecule has 0 aromatic carbocycles. The average Bonchev–Trinajstić information content (AvgIpc) is 2.91. The van der Waals surface area contributed by atoms with Crippen LogP contribution in [-0.4, -0.2) is 38.4 Å². The van der Waals surface area contributed by atoms with Crippen LogP contribution in [0.2, 0.25) is 0 Å². The number of rotatable bonds is 5. The molecular formula is C17H23N3O2S. The van der Waals surface area contributed by atoms with Crippen LogP contribution in [0.5, 0.6) is 0 Å². The molecule has 0 saturated carbocycles. The van der Waals surface area contributed by atoms with Gasteiger partial charge in [-0.15, -0.1) is 11.3 Å². The third-order valence-electron chi connectivity index (χ3n) is 4.22. The highest BCUT2D eigenvalue weighted by molar-refractivity contribution is 7.16. The van der Waals surface area contributed by atoms with Gasteiger partial charge in [-0.2, -0.15) is 5.26 Å². The minimum Gasteiger partial charge on any atom is -0.468 e. The van der Waals surface area contributed by atoms with Crippen LogP contribution < -0.4 is 0 Å². The summed E-state index contributed by atoms with van der Waals surface area (Å²) in [7, 11) is 5.20. The van der Waals surface area contributed by atoms with E-state index in [0.29, 0.717) is 17.0 Å². The number of carbonyl (C=O) groups is 1. The molecule has 1 aromatic heterocycles. The lowest BCUT2D eigenvalue weighted by molar-refractivity contribution is -0.148. The minimum atomic E-state index is -0.690. The van der Waals surface area contributed by atoms with Crippen LogP contribution in [-0.2, 0) is 21.4 Å². The summed E-state index contributed by atoms with van der Waals surface area (Å²) in [6.45, 7) is 2.06. The van der Waals surface area contributed by atoms with Gasteiger partial charge in [0.2, 0.25) is 0 Å². The number of esters is 1. The molecule has 23 heavy (non-hydrogen) atoms. The van der Waals surface area contributed by atoms with Gasteiger partial charge in [-0.05, 0) is 25.7 Å². The van der Waals surface area contributed by atoms with Crippen molar-refractivity contribution in [2.45, 2.75) is 44.4 Å². The zero-order valence-electron chi connectivity index (χ0n) is 14.2. The standard InChI is InChI=1S/C17H23N3O2S/c1-5-8-17(16(21)22-4)9-6-7-13-14(17)12(10-18)15(23-13)19-11-20(2)3/h11H,5-9H2,1-4H3/b19-11+. The van der Waals surface area contributed by atoms with Crippen LogP contribution in [0.15, 0.2) is 4.99 Å². The number of hydrogen-bond acceptors (Lipinski definition) is 5. The van der Waals surface area contributed by atoms with Crippen molar-refractivity contribution in [3.8, 4) is 6.07 Å². The molecule has 0 spiro atoms. The average molecular weight is 333 g/mol. The van der Waals surface area contributed by atoms with Crippen LogP contribution in [0.25, 0.3) is 0 Å². The van der Waals surface area contributed by atoms with Gasteiger partial charge in [-0.25, -0.2) is 4.99 Å². The summed E-state index contributed by atoms with van der Waals surface area (Å²) < 4.78 is 5.12. The summed E-state index contributed by atoms with van der Waals surface area (Å²) in [5.74, 6) is -0.224. The maximum atomic E-state index is 12.6. The number of ether oxygens (including phenoxy) is 1. The van der Waals surface area contributed by atoms with Crippen molar-refractivity contribution in [3.63, 3.8) is 0 Å². The second-order valence-corrected chi connectivity index (χ2v) is 7.16. The van der Waals surface area contributed by atoms with Crippen LogP contribution >= 0.6 is 11.3 Å². The Hall–Kier alpha value is -1.87. The summed E-state index contributed by atoms with van der Waals surface area (Å²) >= 11 is 1.53. The molecule has 1 aromatic rings. The SMILES string of the molecule is CCCC1(C(=O)OC)CCCc2sc(/N=C/N(C)C)c(C#N)c21. The molecular weight excluding hydrogens is 310 g/mol. The van der Waals surface area contributed by atoms with Gasteiger partial charge in [-0.1, -0.05) is 13.3 Å². The fourth-order valence-electron chi connectivity index (χ4n) is 3.36. The number of aliphatic imine (C=N–C) groups is 1. The van der Waals surface area contributed by atoms with Crippen molar-refractivity contribution < 1.29 is 9.53 Å². The number of fused-ring (bicyclic) bond motifs is 1. The van der Waals surface area contributed by atoms with E-state index in [1.54, 1.807) is 6.34 Å². The lowest BCUT2D eigenvalue weighted by Gasteiger charge is -2.35. The summed E-state index contributed by atoms with van der Waals surface area (Å²) in [5.41, 5.74) is 0.724. The van der Waals surface area contributed by atoms with Gasteiger partial charge in [0.15, 0.2) is 0 Å². The fraction of sp³-hybridized carbons (Fsp3) is 0.588. The summed E-state index contributed by atoms with van der Waals surface area (Å²) in [4.78, 5) is 20.0. The molecule has 2 rings (SSSR count). The summed E-state index contributed by atoms with van der Waals surface area (Å²) in [6.07, 6.45) is 5.83. The minimum absolute atomic E-state index is 0.224. The van der Waals surface area contributed by atoms with Crippen molar-refractivity contribution in [2.75, 3.05) is 21.2 Å². The molecule has 1 unspecified atom stereocenters. The van der Waals surface area contributed by atoms with E-state index in [-0.39, 0.29) is 5.97 Å². The highest BCUT2D eigenvalue weighted by Crippen LogP contribution is 2.50. The monoisotopic (exact) mass is 333 g/mol. The van der Waals surface area contributed by atoms with Gasteiger partial charge in [0.1, 0.15) is 11.1 Å². The molecule has 0 amide bonds. The van der Waals surface area contributed by atoms with Crippen LogP contribution in [0.3, 0.4) is 0 Å². The quantitative estimate of drug-likeness (QED) is 0.471. The molecule has 0 radical (unpaired) electrons. The van der Waals surface area contributed by atoms with E-state index >= 15 is 0 Å². The van der Waals surface area contributed by atoms with E-state index in [1.807, 2.05) is 19.0 Å². The smallest absolute Gasteiger partial charge is 0.316 e. The molecule has 1 heterocycles. The second kappa shape index (κ2) is 7.14. The lowest BCUT2D eigenvalue weighted by atomic mass is 9.68. The highest BCUT2D eigenvalue weighted by atomic mass is 32.1. The lowest BCUT2D eigenvalue weighted by Crippen LogP contribution is -2.40. The first-order valence-electron chi connectivity index (χ1n) is 7.85. The summed E-state index contributed by atoms with van der Waals surface area (Å²) in [6, 6.07) is 2.29. The molecule has 1 atom stereocenters. The number of nitriles is 1. The summed E-state index contributed by atoms with van der Waals surface area (Å²) in [5, 5.41) is 10.4. The molecule has 6 heteroatoms. The fourth-order valence-corrected chi connectivity index (χ4v) is 4.59. The molecule has 0 aliphatic heterocycles.